The third-order valence-corrected chi connectivity index (χ3v) is 9.35. The third kappa shape index (κ3) is 3.99. The molecule has 2 aliphatic carbocycles. The average molecular weight is 551 g/mol. The summed E-state index contributed by atoms with van der Waals surface area (Å²) in [7, 11) is 0. The molecule has 9 nitrogen and oxygen atoms in total. The Morgan fingerprint density at radius 1 is 0.974 bits per heavy atom. The van der Waals surface area contributed by atoms with Crippen LogP contribution in [0.2, 0.25) is 5.02 Å². The maximum Gasteiger partial charge on any atom is 0.150 e. The maximum absolute atomic E-state index is 11.6. The maximum atomic E-state index is 11.6. The van der Waals surface area contributed by atoms with Crippen LogP contribution in [0, 0.1) is 5.41 Å². The van der Waals surface area contributed by atoms with Crippen molar-refractivity contribution in [1.29, 1.82) is 0 Å². The van der Waals surface area contributed by atoms with E-state index >= 15 is 0 Å². The zero-order valence-corrected chi connectivity index (χ0v) is 22.0. The van der Waals surface area contributed by atoms with Crippen molar-refractivity contribution >= 4 is 11.6 Å². The Bertz CT molecular complexity index is 1170. The Balaban J connectivity index is 1.47. The van der Waals surface area contributed by atoms with Crippen molar-refractivity contribution in [3.8, 4) is 5.75 Å². The summed E-state index contributed by atoms with van der Waals surface area (Å²) in [5.41, 5.74) is -3.25. The molecule has 3 aliphatic rings. The Morgan fingerprint density at radius 3 is 2.26 bits per heavy atom. The molecular weight excluding hydrogens is 516 g/mol. The first-order valence-electron chi connectivity index (χ1n) is 12.8. The van der Waals surface area contributed by atoms with E-state index in [2.05, 4.69) is 0 Å². The zero-order valence-electron chi connectivity index (χ0n) is 21.2. The van der Waals surface area contributed by atoms with Crippen LogP contribution >= 0.6 is 11.6 Å². The molecule has 7 N–H and O–H groups in total. The van der Waals surface area contributed by atoms with Gasteiger partial charge >= 0.3 is 0 Å². The van der Waals surface area contributed by atoms with Crippen LogP contribution in [0.4, 0.5) is 0 Å². The summed E-state index contributed by atoms with van der Waals surface area (Å²) in [5, 5.41) is 77.1. The second-order valence-corrected chi connectivity index (χ2v) is 11.8. The molecule has 0 radical (unpaired) electrons. The van der Waals surface area contributed by atoms with Crippen LogP contribution in [-0.2, 0) is 16.6 Å². The Hall–Kier alpha value is -1.79. The quantitative estimate of drug-likeness (QED) is 0.268. The van der Waals surface area contributed by atoms with Gasteiger partial charge in [0.25, 0.3) is 0 Å². The van der Waals surface area contributed by atoms with Gasteiger partial charge in [-0.05, 0) is 61.6 Å². The van der Waals surface area contributed by atoms with Gasteiger partial charge in [-0.3, -0.25) is 0 Å². The lowest BCUT2D eigenvalue weighted by Gasteiger charge is -2.56. The predicted molar refractivity (Wildman–Crippen MR) is 137 cm³/mol. The molecule has 5 rings (SSSR count). The number of rotatable bonds is 6. The largest absolute Gasteiger partial charge is 0.485 e. The second kappa shape index (κ2) is 9.69. The first kappa shape index (κ1) is 27.8. The first-order valence-corrected chi connectivity index (χ1v) is 13.1. The van der Waals surface area contributed by atoms with Gasteiger partial charge in [-0.2, -0.15) is 0 Å². The smallest absolute Gasteiger partial charge is 0.150 e. The minimum absolute atomic E-state index is 0.229. The number of ether oxygens (including phenoxy) is 2. The fraction of sp³-hybridized carbons (Fsp3) is 0.571. The number of hydrogen-bond donors (Lipinski definition) is 7. The predicted octanol–water partition coefficient (Wildman–Crippen LogP) is 0.286. The van der Waals surface area contributed by atoms with E-state index in [1.54, 1.807) is 30.3 Å². The molecule has 2 saturated carbocycles. The highest BCUT2D eigenvalue weighted by molar-refractivity contribution is 6.31. The molecule has 1 saturated heterocycles. The molecule has 4 unspecified atom stereocenters. The van der Waals surface area contributed by atoms with Crippen LogP contribution in [0.25, 0.3) is 0 Å². The van der Waals surface area contributed by atoms with Crippen molar-refractivity contribution in [3.63, 3.8) is 0 Å². The fourth-order valence-corrected chi connectivity index (χ4v) is 6.96. The monoisotopic (exact) mass is 550 g/mol. The molecule has 208 valence electrons. The van der Waals surface area contributed by atoms with E-state index in [0.29, 0.717) is 34.9 Å². The van der Waals surface area contributed by atoms with E-state index in [1.807, 2.05) is 12.1 Å². The molecule has 38 heavy (non-hydrogen) atoms. The van der Waals surface area contributed by atoms with Crippen molar-refractivity contribution in [2.75, 3.05) is 13.2 Å². The number of aliphatic hydroxyl groups is 7. The summed E-state index contributed by atoms with van der Waals surface area (Å²) >= 11 is 6.52. The van der Waals surface area contributed by atoms with Crippen molar-refractivity contribution < 1.29 is 45.2 Å². The Kier molecular flexibility index (Phi) is 7.08. The number of hydrogen-bond acceptors (Lipinski definition) is 9. The molecule has 0 spiro atoms. The van der Waals surface area contributed by atoms with Crippen molar-refractivity contribution in [3.05, 3.63) is 64.2 Å². The molecular formula is C28H35ClO9. The number of halogens is 1. The molecule has 9 atom stereocenters. The highest BCUT2D eigenvalue weighted by Crippen LogP contribution is 2.63. The lowest BCUT2D eigenvalue weighted by molar-refractivity contribution is -0.254. The summed E-state index contributed by atoms with van der Waals surface area (Å²) in [6.45, 7) is 3.38. The van der Waals surface area contributed by atoms with E-state index in [1.165, 1.54) is 13.8 Å². The molecule has 3 fully saturated rings. The van der Waals surface area contributed by atoms with Gasteiger partial charge in [0.05, 0.1) is 54.1 Å². The SMILES string of the molecule is CC(C)(O)[C@@]12CC(O)[C@@](c3ccc(Cl)c(Cc4ccc(OC5COCC5O)cc4)c3)(C1O)[C@@H](O)[C@H](O)[C@H]2O. The normalized spacial score (nSPS) is 38.9. The molecule has 1 heterocycles. The summed E-state index contributed by atoms with van der Waals surface area (Å²) in [5.74, 6) is 0.583. The summed E-state index contributed by atoms with van der Waals surface area (Å²) < 4.78 is 11.0. The molecule has 2 aromatic carbocycles. The highest BCUT2D eigenvalue weighted by atomic mass is 35.5. The van der Waals surface area contributed by atoms with E-state index < -0.39 is 59.2 Å². The Labute approximate surface area is 225 Å². The summed E-state index contributed by atoms with van der Waals surface area (Å²) in [6, 6.07) is 12.1. The molecule has 2 aromatic rings. The van der Waals surface area contributed by atoms with Crippen LogP contribution in [0.1, 0.15) is 37.0 Å². The minimum atomic E-state index is -1.76. The van der Waals surface area contributed by atoms with Gasteiger partial charge in [0.1, 0.15) is 24.1 Å². The van der Waals surface area contributed by atoms with Crippen molar-refractivity contribution in [2.24, 2.45) is 5.41 Å². The summed E-state index contributed by atoms with van der Waals surface area (Å²) in [6.07, 6.45) is -8.98. The topological polar surface area (TPSA) is 160 Å². The Morgan fingerprint density at radius 2 is 1.66 bits per heavy atom. The fourth-order valence-electron chi connectivity index (χ4n) is 6.77. The molecule has 0 aromatic heterocycles. The molecule has 0 amide bonds. The lowest BCUT2D eigenvalue weighted by atomic mass is 9.55. The first-order chi connectivity index (χ1) is 17.8. The zero-order chi connectivity index (χ0) is 27.6. The van der Waals surface area contributed by atoms with E-state index in [-0.39, 0.29) is 13.0 Å². The van der Waals surface area contributed by atoms with Gasteiger partial charge in [0, 0.05) is 5.02 Å². The molecule has 2 bridgehead atoms. The van der Waals surface area contributed by atoms with E-state index in [0.717, 1.165) is 5.56 Å². The van der Waals surface area contributed by atoms with Crippen LogP contribution in [0.5, 0.6) is 5.75 Å². The van der Waals surface area contributed by atoms with Crippen LogP contribution in [-0.4, -0.2) is 97.3 Å². The lowest BCUT2D eigenvalue weighted by Crippen LogP contribution is -2.72. The molecule has 1 aliphatic heterocycles. The standard InChI is InChI=1S/C28H35ClO9/c1-26(2,36)27-11-21(31)28(25(27)35,24(34)22(32)23(27)33)16-5-8-18(29)15(10-16)9-14-3-6-17(7-4-14)38-20-13-37-12-19(20)30/h3-8,10,19-25,30-36H,9,11-13H2,1-2H3/t19?,20?,21?,22-,23-,24+,25?,27-,28-/m1/s1. The van der Waals surface area contributed by atoms with E-state index in [4.69, 9.17) is 21.1 Å². The van der Waals surface area contributed by atoms with Crippen molar-refractivity contribution in [2.45, 2.75) is 80.4 Å². The highest BCUT2D eigenvalue weighted by Gasteiger charge is 2.77. The van der Waals surface area contributed by atoms with Gasteiger partial charge < -0.3 is 45.2 Å². The number of benzene rings is 2. The van der Waals surface area contributed by atoms with Gasteiger partial charge in [0.15, 0.2) is 0 Å². The van der Waals surface area contributed by atoms with Gasteiger partial charge in [0.2, 0.25) is 0 Å². The van der Waals surface area contributed by atoms with Gasteiger partial charge in [-0.25, -0.2) is 0 Å². The number of aliphatic hydroxyl groups excluding tert-OH is 6. The van der Waals surface area contributed by atoms with Crippen molar-refractivity contribution in [1.82, 2.24) is 0 Å². The van der Waals surface area contributed by atoms with Crippen LogP contribution in [0.15, 0.2) is 42.5 Å². The molecule has 10 heteroatoms. The van der Waals surface area contributed by atoms with E-state index in [9.17, 15) is 35.7 Å². The summed E-state index contributed by atoms with van der Waals surface area (Å²) in [4.78, 5) is 0. The number of fused-ring (bicyclic) bond motifs is 2. The minimum Gasteiger partial charge on any atom is -0.485 e. The van der Waals surface area contributed by atoms with Crippen LogP contribution < -0.4 is 4.74 Å². The third-order valence-electron chi connectivity index (χ3n) is 8.98. The van der Waals surface area contributed by atoms with Gasteiger partial charge in [-0.15, -0.1) is 0 Å². The average Bonchev–Trinajstić information content (AvgIpc) is 3.36. The second-order valence-electron chi connectivity index (χ2n) is 11.4. The van der Waals surface area contributed by atoms with Gasteiger partial charge in [-0.1, -0.05) is 35.9 Å². The van der Waals surface area contributed by atoms with Crippen LogP contribution in [0.3, 0.4) is 0 Å².